The lowest BCUT2D eigenvalue weighted by atomic mass is 9.62. The summed E-state index contributed by atoms with van der Waals surface area (Å²) in [5, 5.41) is 9.02. The van der Waals surface area contributed by atoms with Gasteiger partial charge in [0.1, 0.15) is 6.61 Å². The molecule has 0 aromatic rings. The number of piperidine rings is 1. The molecule has 2 aliphatic heterocycles. The highest BCUT2D eigenvalue weighted by Gasteiger charge is 2.63. The van der Waals surface area contributed by atoms with E-state index in [1.807, 2.05) is 0 Å². The van der Waals surface area contributed by atoms with Gasteiger partial charge in [-0.15, -0.1) is 0 Å². The van der Waals surface area contributed by atoms with Crippen molar-refractivity contribution in [3.05, 3.63) is 0 Å². The number of aliphatic hydroxyl groups is 1. The molecule has 4 aliphatic rings. The Morgan fingerprint density at radius 1 is 1.12 bits per heavy atom. The summed E-state index contributed by atoms with van der Waals surface area (Å²) in [6, 6.07) is 0. The van der Waals surface area contributed by atoms with Crippen LogP contribution in [0.25, 0.3) is 0 Å². The van der Waals surface area contributed by atoms with Crippen LogP contribution >= 0.6 is 0 Å². The van der Waals surface area contributed by atoms with Crippen LogP contribution in [-0.4, -0.2) is 47.2 Å². The lowest BCUT2D eigenvalue weighted by Crippen LogP contribution is -2.55. The largest absolute Gasteiger partial charge is 0.387 e. The molecular weight excluding hydrogens is 310 g/mol. The SMILES string of the molecule is CC1CC2CC(C)C3(OOC4(CCN(C(=O)CO)CC4)O3)C(C1)C2. The van der Waals surface area contributed by atoms with Crippen LogP contribution in [0.1, 0.15) is 52.4 Å². The number of nitrogens with zero attached hydrogens (tertiary/aromatic N) is 1. The predicted octanol–water partition coefficient (Wildman–Crippen LogP) is 2.06. The molecule has 4 rings (SSSR count). The van der Waals surface area contributed by atoms with Gasteiger partial charge in [-0.25, -0.2) is 0 Å². The molecule has 6 heteroatoms. The highest BCUT2D eigenvalue weighted by molar-refractivity contribution is 5.77. The van der Waals surface area contributed by atoms with Crippen molar-refractivity contribution in [1.29, 1.82) is 0 Å². The van der Waals surface area contributed by atoms with Crippen molar-refractivity contribution in [1.82, 2.24) is 4.90 Å². The third-order valence-electron chi connectivity index (χ3n) is 6.67. The van der Waals surface area contributed by atoms with Gasteiger partial charge in [0.2, 0.25) is 17.5 Å². The third-order valence-corrected chi connectivity index (χ3v) is 6.67. The topological polar surface area (TPSA) is 68.2 Å². The molecule has 24 heavy (non-hydrogen) atoms. The minimum absolute atomic E-state index is 0.228. The molecule has 4 fully saturated rings. The first-order valence-corrected chi connectivity index (χ1v) is 9.42. The molecule has 2 heterocycles. The fraction of sp³-hybridized carbons (Fsp3) is 0.944. The quantitative estimate of drug-likeness (QED) is 0.741. The Kier molecular flexibility index (Phi) is 4.15. The number of carbonyl (C=O) groups excluding carboxylic acids is 1. The summed E-state index contributed by atoms with van der Waals surface area (Å²) in [5.41, 5.74) is 0. The predicted molar refractivity (Wildman–Crippen MR) is 85.4 cm³/mol. The normalized spacial score (nSPS) is 44.2. The number of rotatable bonds is 1. The van der Waals surface area contributed by atoms with E-state index < -0.39 is 18.2 Å². The molecule has 2 saturated heterocycles. The molecule has 0 radical (unpaired) electrons. The lowest BCUT2D eigenvalue weighted by molar-refractivity contribution is -0.380. The lowest BCUT2D eigenvalue weighted by Gasteiger charge is -2.50. The van der Waals surface area contributed by atoms with Crippen molar-refractivity contribution in [2.45, 2.75) is 63.9 Å². The fourth-order valence-corrected chi connectivity index (χ4v) is 5.52. The molecule has 2 saturated carbocycles. The fourth-order valence-electron chi connectivity index (χ4n) is 5.52. The van der Waals surface area contributed by atoms with E-state index in [4.69, 9.17) is 19.6 Å². The second-order valence-electron chi connectivity index (χ2n) is 8.45. The highest BCUT2D eigenvalue weighted by atomic mass is 17.3. The smallest absolute Gasteiger partial charge is 0.248 e. The molecule has 2 aliphatic carbocycles. The summed E-state index contributed by atoms with van der Waals surface area (Å²) in [4.78, 5) is 25.1. The second kappa shape index (κ2) is 5.94. The minimum atomic E-state index is -0.728. The van der Waals surface area contributed by atoms with E-state index in [1.165, 1.54) is 12.8 Å². The van der Waals surface area contributed by atoms with E-state index in [0.717, 1.165) is 18.8 Å². The van der Waals surface area contributed by atoms with Gasteiger partial charge in [0.15, 0.2) is 0 Å². The van der Waals surface area contributed by atoms with Crippen LogP contribution in [0.3, 0.4) is 0 Å². The summed E-state index contributed by atoms with van der Waals surface area (Å²) in [6.45, 7) is 5.19. The highest BCUT2D eigenvalue weighted by Crippen LogP contribution is 2.57. The van der Waals surface area contributed by atoms with Gasteiger partial charge in [0.05, 0.1) is 0 Å². The third kappa shape index (κ3) is 2.59. The zero-order chi connectivity index (χ0) is 16.9. The summed E-state index contributed by atoms with van der Waals surface area (Å²) in [7, 11) is 0. The van der Waals surface area contributed by atoms with Crippen molar-refractivity contribution in [3.8, 4) is 0 Å². The number of hydrogen-bond acceptors (Lipinski definition) is 5. The van der Waals surface area contributed by atoms with Crippen molar-refractivity contribution in [3.63, 3.8) is 0 Å². The van der Waals surface area contributed by atoms with E-state index in [2.05, 4.69) is 13.8 Å². The van der Waals surface area contributed by atoms with E-state index in [-0.39, 0.29) is 5.91 Å². The van der Waals surface area contributed by atoms with Crippen LogP contribution in [0.15, 0.2) is 0 Å². The average Bonchev–Trinajstić information content (AvgIpc) is 2.94. The van der Waals surface area contributed by atoms with Crippen LogP contribution < -0.4 is 0 Å². The summed E-state index contributed by atoms with van der Waals surface area (Å²) in [6.07, 6.45) is 5.95. The van der Waals surface area contributed by atoms with Crippen molar-refractivity contribution in [2.75, 3.05) is 19.7 Å². The van der Waals surface area contributed by atoms with E-state index in [0.29, 0.717) is 43.7 Å². The van der Waals surface area contributed by atoms with Crippen LogP contribution in [0.2, 0.25) is 0 Å². The Hall–Kier alpha value is -0.690. The van der Waals surface area contributed by atoms with Gasteiger partial charge in [0, 0.05) is 37.8 Å². The van der Waals surface area contributed by atoms with Gasteiger partial charge in [-0.2, -0.15) is 9.78 Å². The maximum atomic E-state index is 11.7. The molecule has 6 nitrogen and oxygen atoms in total. The number of likely N-dealkylation sites (tertiary alicyclic amines) is 1. The Labute approximate surface area is 143 Å². The molecule has 5 unspecified atom stereocenters. The summed E-state index contributed by atoms with van der Waals surface area (Å²) >= 11 is 0. The Bertz CT molecular complexity index is 500. The van der Waals surface area contributed by atoms with Gasteiger partial charge in [0.25, 0.3) is 0 Å². The Balaban J connectivity index is 1.48. The molecule has 2 spiro atoms. The maximum Gasteiger partial charge on any atom is 0.248 e. The zero-order valence-electron chi connectivity index (χ0n) is 14.7. The second-order valence-corrected chi connectivity index (χ2v) is 8.45. The van der Waals surface area contributed by atoms with Crippen LogP contribution in [0, 0.1) is 23.7 Å². The molecule has 5 atom stereocenters. The van der Waals surface area contributed by atoms with Crippen molar-refractivity contribution >= 4 is 5.91 Å². The maximum absolute atomic E-state index is 11.7. The minimum Gasteiger partial charge on any atom is -0.387 e. The van der Waals surface area contributed by atoms with Gasteiger partial charge in [-0.3, -0.25) is 4.79 Å². The Morgan fingerprint density at radius 2 is 1.88 bits per heavy atom. The van der Waals surface area contributed by atoms with E-state index >= 15 is 0 Å². The molecular formula is C18H29NO5. The van der Waals surface area contributed by atoms with Crippen LogP contribution in [0.4, 0.5) is 0 Å². The van der Waals surface area contributed by atoms with Gasteiger partial charge in [-0.05, 0) is 37.5 Å². The average molecular weight is 339 g/mol. The summed E-state index contributed by atoms with van der Waals surface area (Å²) < 4.78 is 6.58. The number of amides is 1. The van der Waals surface area contributed by atoms with Crippen molar-refractivity contribution in [2.24, 2.45) is 23.7 Å². The van der Waals surface area contributed by atoms with Gasteiger partial charge in [-0.1, -0.05) is 13.8 Å². The molecule has 2 bridgehead atoms. The van der Waals surface area contributed by atoms with Gasteiger partial charge >= 0.3 is 0 Å². The van der Waals surface area contributed by atoms with Crippen LogP contribution in [-0.2, 0) is 19.3 Å². The first kappa shape index (κ1) is 16.8. The number of carbonyl (C=O) groups is 1. The number of ether oxygens (including phenoxy) is 1. The van der Waals surface area contributed by atoms with Crippen LogP contribution in [0.5, 0.6) is 0 Å². The molecule has 0 aromatic carbocycles. The molecule has 1 N–H and O–H groups in total. The standard InChI is InChI=1S/C18H29NO5/c1-12-7-14-9-13(2)18(15(8-12)10-14)22-17(23-24-18)3-5-19(6-4-17)16(21)11-20/h12-15,20H,3-11H2,1-2H3. The first-order chi connectivity index (χ1) is 11.5. The monoisotopic (exact) mass is 339 g/mol. The van der Waals surface area contributed by atoms with E-state index in [9.17, 15) is 4.79 Å². The number of fused-ring (bicyclic) bond motifs is 3. The first-order valence-electron chi connectivity index (χ1n) is 9.42. The molecule has 0 aromatic heterocycles. The number of hydrogen-bond donors (Lipinski definition) is 1. The van der Waals surface area contributed by atoms with Gasteiger partial charge < -0.3 is 14.7 Å². The Morgan fingerprint density at radius 3 is 2.58 bits per heavy atom. The number of aliphatic hydroxyl groups excluding tert-OH is 1. The summed E-state index contributed by atoms with van der Waals surface area (Å²) in [5.74, 6) is 0.644. The van der Waals surface area contributed by atoms with Crippen molar-refractivity contribution < 1.29 is 24.4 Å². The molecule has 136 valence electrons. The molecule has 1 amide bonds. The van der Waals surface area contributed by atoms with E-state index in [1.54, 1.807) is 4.90 Å². The zero-order valence-corrected chi connectivity index (χ0v) is 14.7.